The fourth-order valence-corrected chi connectivity index (χ4v) is 6.32. The average molecular weight is 529 g/mol. The number of anilines is 2. The number of allylic oxidation sites excluding steroid dienone is 1. The number of carbonyl (C=O) groups is 4. The minimum atomic E-state index is -2.71. The summed E-state index contributed by atoms with van der Waals surface area (Å²) in [5.74, 6) is -7.22. The lowest BCUT2D eigenvalue weighted by molar-refractivity contribution is -0.148. The molecule has 7 N–H and O–H groups in total. The molecule has 0 saturated heterocycles. The van der Waals surface area contributed by atoms with E-state index in [1.165, 1.54) is 4.90 Å². The van der Waals surface area contributed by atoms with E-state index in [0.29, 0.717) is 30.8 Å². The maximum atomic E-state index is 13.9. The van der Waals surface area contributed by atoms with Crippen LogP contribution in [0.15, 0.2) is 28.7 Å². The van der Waals surface area contributed by atoms with Crippen LogP contribution in [0, 0.1) is 11.8 Å². The van der Waals surface area contributed by atoms with E-state index >= 15 is 0 Å². The zero-order chi connectivity index (χ0) is 28.3. The fraction of sp³-hybridized carbons (Fsp3) is 0.462. The molecular formula is C26H32N4O8. The number of phenols is 1. The normalized spacial score (nSPS) is 26.6. The summed E-state index contributed by atoms with van der Waals surface area (Å²) in [6, 6.07) is 0.520. The van der Waals surface area contributed by atoms with Crippen LogP contribution in [0.1, 0.15) is 36.2 Å². The number of primary amides is 1. The van der Waals surface area contributed by atoms with Crippen LogP contribution in [0.4, 0.5) is 11.4 Å². The number of nitrogens with one attached hydrogen (secondary N) is 1. The maximum Gasteiger partial charge on any atom is 0.255 e. The lowest BCUT2D eigenvalue weighted by Gasteiger charge is -2.50. The smallest absolute Gasteiger partial charge is 0.255 e. The Bertz CT molecular complexity index is 1310. The van der Waals surface area contributed by atoms with Crippen molar-refractivity contribution in [1.82, 2.24) is 4.90 Å². The van der Waals surface area contributed by atoms with Crippen LogP contribution in [-0.2, 0) is 20.8 Å². The predicted octanol–water partition coefficient (Wildman–Crippen LogP) is 0.535. The molecule has 12 heteroatoms. The molecule has 0 fully saturated rings. The van der Waals surface area contributed by atoms with E-state index in [4.69, 9.17) is 5.73 Å². The van der Waals surface area contributed by atoms with E-state index in [2.05, 4.69) is 5.32 Å². The third kappa shape index (κ3) is 3.58. The van der Waals surface area contributed by atoms with Crippen LogP contribution in [0.3, 0.4) is 0 Å². The molecule has 0 aromatic heterocycles. The minimum absolute atomic E-state index is 0.00144. The molecule has 0 bridgehead atoms. The highest BCUT2D eigenvalue weighted by atomic mass is 16.3. The Morgan fingerprint density at radius 2 is 1.84 bits per heavy atom. The van der Waals surface area contributed by atoms with E-state index in [-0.39, 0.29) is 29.7 Å². The molecule has 4 atom stereocenters. The zero-order valence-corrected chi connectivity index (χ0v) is 21.6. The number of nitrogens with two attached hydrogens (primary N) is 1. The SMILES string of the molecule is CCN(CC)c1cc(NC=O)c(O)c2c1CC1CC3[C@H](N(C)C)C(O)=C(C(N)=O)C(=O)C3(O)C(O)=C1C2=O. The highest BCUT2D eigenvalue weighted by Gasteiger charge is 2.63. The van der Waals surface area contributed by atoms with Crippen LogP contribution in [0.25, 0.3) is 0 Å². The molecule has 0 radical (unpaired) electrons. The van der Waals surface area contributed by atoms with Gasteiger partial charge in [0.15, 0.2) is 17.1 Å². The second kappa shape index (κ2) is 9.44. The standard InChI is InChI=1S/C26H32N4O8/c1-5-30(6-2)15-9-14(28-10-31)20(32)17-12(15)7-11-8-13-19(29(3)4)22(34)18(25(27)37)24(36)26(13,38)23(35)16(11)21(17)33/h9-11,13,19,32,34-35,38H,5-8H2,1-4H3,(H2,27,37)(H,28,31)/t11?,13?,19-,26?/m0/s1. The number of likely N-dealkylation sites (N-methyl/N-ethyl adjacent to an activating group) is 1. The summed E-state index contributed by atoms with van der Waals surface area (Å²) in [4.78, 5) is 54.0. The van der Waals surface area contributed by atoms with Gasteiger partial charge >= 0.3 is 0 Å². The van der Waals surface area contributed by atoms with Gasteiger partial charge in [0.25, 0.3) is 5.91 Å². The van der Waals surface area contributed by atoms with Crippen molar-refractivity contribution in [2.45, 2.75) is 38.3 Å². The van der Waals surface area contributed by atoms with Gasteiger partial charge in [-0.05, 0) is 58.3 Å². The van der Waals surface area contributed by atoms with Crippen molar-refractivity contribution >= 4 is 35.3 Å². The number of hydrogen-bond acceptors (Lipinski definition) is 10. The van der Waals surface area contributed by atoms with Gasteiger partial charge < -0.3 is 36.4 Å². The number of fused-ring (bicyclic) bond motifs is 3. The number of aliphatic hydroxyl groups excluding tert-OH is 2. The quantitative estimate of drug-likeness (QED) is 0.165. The predicted molar refractivity (Wildman–Crippen MR) is 137 cm³/mol. The van der Waals surface area contributed by atoms with Gasteiger partial charge in [-0.15, -0.1) is 0 Å². The molecule has 204 valence electrons. The van der Waals surface area contributed by atoms with Gasteiger partial charge in [-0.25, -0.2) is 0 Å². The second-order valence-corrected chi connectivity index (χ2v) is 10.0. The summed E-state index contributed by atoms with van der Waals surface area (Å²) in [7, 11) is 3.15. The summed E-state index contributed by atoms with van der Waals surface area (Å²) < 4.78 is 0. The van der Waals surface area contributed by atoms with Gasteiger partial charge in [0.05, 0.1) is 17.3 Å². The van der Waals surface area contributed by atoms with E-state index in [1.807, 2.05) is 18.7 Å². The molecule has 2 amide bonds. The molecule has 0 heterocycles. The number of nitrogens with zero attached hydrogens (tertiary/aromatic N) is 2. The Labute approximate surface area is 219 Å². The lowest BCUT2D eigenvalue weighted by atomic mass is 9.58. The number of ketones is 2. The van der Waals surface area contributed by atoms with Crippen molar-refractivity contribution in [1.29, 1.82) is 0 Å². The summed E-state index contributed by atoms with van der Waals surface area (Å²) in [6.45, 7) is 4.96. The van der Waals surface area contributed by atoms with Gasteiger partial charge in [0.2, 0.25) is 12.2 Å². The first-order valence-corrected chi connectivity index (χ1v) is 12.3. The molecule has 0 aliphatic heterocycles. The topological polar surface area (TPSA) is 194 Å². The van der Waals surface area contributed by atoms with Crippen LogP contribution in [-0.4, -0.2) is 88.0 Å². The molecule has 0 saturated carbocycles. The van der Waals surface area contributed by atoms with Gasteiger partial charge in [-0.2, -0.15) is 0 Å². The second-order valence-electron chi connectivity index (χ2n) is 10.0. The highest BCUT2D eigenvalue weighted by molar-refractivity contribution is 6.25. The average Bonchev–Trinajstić information content (AvgIpc) is 2.84. The van der Waals surface area contributed by atoms with E-state index in [9.17, 15) is 39.6 Å². The monoisotopic (exact) mass is 528 g/mol. The Balaban J connectivity index is 2.00. The number of Topliss-reactive ketones (excluding diaryl/α,β-unsaturated/α-hetero) is 2. The lowest BCUT2D eigenvalue weighted by Crippen LogP contribution is -2.63. The summed E-state index contributed by atoms with van der Waals surface area (Å²) in [5, 5.41) is 47.3. The molecule has 3 aliphatic carbocycles. The van der Waals surface area contributed by atoms with Crippen LogP contribution in [0.5, 0.6) is 5.75 Å². The maximum absolute atomic E-state index is 13.9. The minimum Gasteiger partial charge on any atom is -0.510 e. The number of benzene rings is 1. The Morgan fingerprint density at radius 1 is 1.21 bits per heavy atom. The summed E-state index contributed by atoms with van der Waals surface area (Å²) in [6.07, 6.45) is 0.522. The first-order chi connectivity index (χ1) is 17.9. The Kier molecular flexibility index (Phi) is 6.74. The number of aromatic hydroxyl groups is 1. The van der Waals surface area contributed by atoms with E-state index in [0.717, 1.165) is 0 Å². The van der Waals surface area contributed by atoms with E-state index in [1.54, 1.807) is 20.2 Å². The van der Waals surface area contributed by atoms with Crippen molar-refractivity contribution in [2.24, 2.45) is 17.6 Å². The number of rotatable bonds is 7. The van der Waals surface area contributed by atoms with Crippen LogP contribution in [0.2, 0.25) is 0 Å². The number of hydrogen-bond donors (Lipinski definition) is 6. The van der Waals surface area contributed by atoms with Crippen LogP contribution < -0.4 is 16.0 Å². The number of phenolic OH excluding ortho intramolecular Hbond substituents is 1. The van der Waals surface area contributed by atoms with Gasteiger partial charge in [-0.1, -0.05) is 0 Å². The van der Waals surface area contributed by atoms with Crippen molar-refractivity contribution in [2.75, 3.05) is 37.4 Å². The first kappa shape index (κ1) is 27.1. The largest absolute Gasteiger partial charge is 0.510 e. The third-order valence-electron chi connectivity index (χ3n) is 8.02. The van der Waals surface area contributed by atoms with Crippen molar-refractivity contribution in [3.63, 3.8) is 0 Å². The van der Waals surface area contributed by atoms with Gasteiger partial charge in [0.1, 0.15) is 17.1 Å². The third-order valence-corrected chi connectivity index (χ3v) is 8.02. The first-order valence-electron chi connectivity index (χ1n) is 12.3. The molecular weight excluding hydrogens is 496 g/mol. The molecule has 4 rings (SSSR count). The molecule has 1 aromatic rings. The number of carbonyl (C=O) groups excluding carboxylic acids is 4. The molecule has 3 aliphatic rings. The fourth-order valence-electron chi connectivity index (χ4n) is 6.32. The van der Waals surface area contributed by atoms with Gasteiger partial charge in [-0.3, -0.25) is 24.1 Å². The van der Waals surface area contributed by atoms with Crippen molar-refractivity contribution in [3.05, 3.63) is 39.9 Å². The molecule has 3 unspecified atom stereocenters. The Morgan fingerprint density at radius 3 is 2.37 bits per heavy atom. The van der Waals surface area contributed by atoms with Gasteiger partial charge in [0, 0.05) is 30.3 Å². The molecule has 38 heavy (non-hydrogen) atoms. The molecule has 0 spiro atoms. The number of amides is 2. The summed E-state index contributed by atoms with van der Waals surface area (Å²) >= 11 is 0. The summed E-state index contributed by atoms with van der Waals surface area (Å²) in [5.41, 5.74) is 2.48. The highest BCUT2D eigenvalue weighted by Crippen LogP contribution is 2.54. The number of aliphatic hydroxyl groups is 3. The van der Waals surface area contributed by atoms with E-state index < -0.39 is 63.8 Å². The molecule has 1 aromatic carbocycles. The molecule has 12 nitrogen and oxygen atoms in total. The Hall–Kier alpha value is -3.90. The van der Waals surface area contributed by atoms with Crippen LogP contribution >= 0.6 is 0 Å². The zero-order valence-electron chi connectivity index (χ0n) is 21.6. The van der Waals surface area contributed by atoms with Crippen molar-refractivity contribution < 1.29 is 39.6 Å². The van der Waals surface area contributed by atoms with Crippen molar-refractivity contribution in [3.8, 4) is 5.75 Å².